The minimum Gasteiger partial charge on any atom is -0.352 e. The zero-order valence-corrected chi connectivity index (χ0v) is 12.9. The number of aromatic amines is 1. The van der Waals surface area contributed by atoms with Crippen molar-refractivity contribution in [3.63, 3.8) is 0 Å². The Hall–Kier alpha value is -1.21. The molecule has 0 bridgehead atoms. The van der Waals surface area contributed by atoms with Crippen molar-refractivity contribution >= 4 is 45.1 Å². The first kappa shape index (κ1) is 14.2. The summed E-state index contributed by atoms with van der Waals surface area (Å²) in [6.45, 7) is 3.82. The molecule has 1 aromatic heterocycles. The number of amides is 1. The van der Waals surface area contributed by atoms with Gasteiger partial charge < -0.3 is 14.9 Å². The lowest BCUT2D eigenvalue weighted by Gasteiger charge is -2.09. The molecule has 102 valence electrons. The van der Waals surface area contributed by atoms with E-state index in [4.69, 9.17) is 12.2 Å². The number of nitrogens with zero attached hydrogens (tertiary/aromatic N) is 1. The number of nitrogens with one attached hydrogen (secondary N) is 2. The van der Waals surface area contributed by atoms with Crippen molar-refractivity contribution < 1.29 is 9.18 Å². The van der Waals surface area contributed by atoms with Gasteiger partial charge in [-0.05, 0) is 48.1 Å². The van der Waals surface area contributed by atoms with Gasteiger partial charge in [-0.1, -0.05) is 0 Å². The molecule has 1 aromatic carbocycles. The zero-order chi connectivity index (χ0) is 14.2. The van der Waals surface area contributed by atoms with Crippen molar-refractivity contribution in [2.45, 2.75) is 26.4 Å². The van der Waals surface area contributed by atoms with E-state index in [0.29, 0.717) is 20.3 Å². The second kappa shape index (κ2) is 5.42. The number of aromatic nitrogens is 2. The van der Waals surface area contributed by atoms with Crippen molar-refractivity contribution in [3.05, 3.63) is 27.2 Å². The van der Waals surface area contributed by atoms with Gasteiger partial charge in [-0.2, -0.15) is 0 Å². The number of fused-ring (bicyclic) bond motifs is 1. The fourth-order valence-electron chi connectivity index (χ4n) is 1.82. The zero-order valence-electron chi connectivity index (χ0n) is 10.5. The van der Waals surface area contributed by atoms with E-state index in [1.165, 1.54) is 6.07 Å². The number of H-pyrrole nitrogens is 1. The number of carbonyl (C=O) groups excluding carboxylic acids is 1. The van der Waals surface area contributed by atoms with Crippen LogP contribution in [0.15, 0.2) is 16.6 Å². The first-order valence-electron chi connectivity index (χ1n) is 5.75. The van der Waals surface area contributed by atoms with Crippen molar-refractivity contribution in [3.8, 4) is 0 Å². The number of hydrogen-bond donors (Lipinski definition) is 2. The summed E-state index contributed by atoms with van der Waals surface area (Å²) in [6, 6.07) is 3.02. The van der Waals surface area contributed by atoms with Gasteiger partial charge in [-0.3, -0.25) is 4.79 Å². The first-order valence-corrected chi connectivity index (χ1v) is 6.95. The molecule has 2 N–H and O–H groups in total. The topological polar surface area (TPSA) is 49.8 Å². The van der Waals surface area contributed by atoms with E-state index < -0.39 is 0 Å². The third kappa shape index (κ3) is 3.03. The van der Waals surface area contributed by atoms with Gasteiger partial charge >= 0.3 is 0 Å². The fourth-order valence-corrected chi connectivity index (χ4v) is 2.44. The summed E-state index contributed by atoms with van der Waals surface area (Å²) in [7, 11) is 0. The van der Waals surface area contributed by atoms with Gasteiger partial charge in [0.2, 0.25) is 5.91 Å². The SMILES string of the molecule is CC(C)NC(=O)Cn1c(=S)[nH]c2cc(Br)c(F)cc21. The highest BCUT2D eigenvalue weighted by Crippen LogP contribution is 2.23. The van der Waals surface area contributed by atoms with Gasteiger partial charge in [0.05, 0.1) is 15.5 Å². The Kier molecular flexibility index (Phi) is 4.05. The summed E-state index contributed by atoms with van der Waals surface area (Å²) in [4.78, 5) is 14.7. The molecule has 1 amide bonds. The molecule has 1 heterocycles. The Morgan fingerprint density at radius 2 is 2.26 bits per heavy atom. The van der Waals surface area contributed by atoms with Gasteiger partial charge in [-0.25, -0.2) is 4.39 Å². The molecule has 2 rings (SSSR count). The summed E-state index contributed by atoms with van der Waals surface area (Å²) in [6.07, 6.45) is 0. The maximum absolute atomic E-state index is 13.6. The predicted octanol–water partition coefficient (Wildman–Crippen LogP) is 3.13. The van der Waals surface area contributed by atoms with Gasteiger partial charge in [0.1, 0.15) is 12.4 Å². The quantitative estimate of drug-likeness (QED) is 0.839. The first-order chi connectivity index (χ1) is 8.88. The highest BCUT2D eigenvalue weighted by molar-refractivity contribution is 9.10. The molecule has 7 heteroatoms. The molecule has 0 aliphatic carbocycles. The maximum Gasteiger partial charge on any atom is 0.240 e. The molecule has 4 nitrogen and oxygen atoms in total. The molecule has 0 unspecified atom stereocenters. The van der Waals surface area contributed by atoms with Crippen LogP contribution in [0, 0.1) is 10.6 Å². The van der Waals surface area contributed by atoms with Crippen LogP contribution in [0.25, 0.3) is 11.0 Å². The average Bonchev–Trinajstić information content (AvgIpc) is 2.56. The van der Waals surface area contributed by atoms with E-state index >= 15 is 0 Å². The van der Waals surface area contributed by atoms with E-state index in [2.05, 4.69) is 26.2 Å². The second-order valence-electron chi connectivity index (χ2n) is 4.52. The molecule has 0 fully saturated rings. The van der Waals surface area contributed by atoms with E-state index in [-0.39, 0.29) is 24.3 Å². The lowest BCUT2D eigenvalue weighted by molar-refractivity contribution is -0.122. The second-order valence-corrected chi connectivity index (χ2v) is 5.76. The van der Waals surface area contributed by atoms with Crippen LogP contribution in [-0.4, -0.2) is 21.5 Å². The summed E-state index contributed by atoms with van der Waals surface area (Å²) in [5, 5.41) is 2.78. The van der Waals surface area contributed by atoms with E-state index in [1.54, 1.807) is 10.6 Å². The standard InChI is InChI=1S/C12H13BrFN3OS/c1-6(2)15-11(18)5-17-10-4-8(14)7(13)3-9(10)16-12(17)19/h3-4,6H,5H2,1-2H3,(H,15,18)(H,16,19). The summed E-state index contributed by atoms with van der Waals surface area (Å²) in [5.41, 5.74) is 1.26. The third-order valence-electron chi connectivity index (χ3n) is 2.57. The molecular formula is C12H13BrFN3OS. The van der Waals surface area contributed by atoms with Crippen LogP contribution in [-0.2, 0) is 11.3 Å². The van der Waals surface area contributed by atoms with Gasteiger partial charge in [0, 0.05) is 12.1 Å². The van der Waals surface area contributed by atoms with E-state index in [9.17, 15) is 9.18 Å². The largest absolute Gasteiger partial charge is 0.352 e. The Balaban J connectivity index is 2.43. The minimum absolute atomic E-state index is 0.0535. The summed E-state index contributed by atoms with van der Waals surface area (Å²) < 4.78 is 15.9. The highest BCUT2D eigenvalue weighted by atomic mass is 79.9. The average molecular weight is 346 g/mol. The molecule has 2 aromatic rings. The van der Waals surface area contributed by atoms with Crippen LogP contribution in [0.1, 0.15) is 13.8 Å². The Morgan fingerprint density at radius 1 is 1.58 bits per heavy atom. The molecule has 0 spiro atoms. The van der Waals surface area contributed by atoms with Gasteiger partial charge in [0.15, 0.2) is 4.77 Å². The van der Waals surface area contributed by atoms with Gasteiger partial charge in [0.25, 0.3) is 0 Å². The van der Waals surface area contributed by atoms with Crippen LogP contribution >= 0.6 is 28.1 Å². The Bertz CT molecular complexity index is 692. The van der Waals surface area contributed by atoms with Crippen molar-refractivity contribution in [1.82, 2.24) is 14.9 Å². The van der Waals surface area contributed by atoms with E-state index in [1.807, 2.05) is 13.8 Å². The number of rotatable bonds is 3. The molecule has 0 aliphatic heterocycles. The van der Waals surface area contributed by atoms with Crippen LogP contribution in [0.3, 0.4) is 0 Å². The number of halogens is 2. The van der Waals surface area contributed by atoms with Gasteiger partial charge in [-0.15, -0.1) is 0 Å². The Labute approximate surface area is 123 Å². The molecule has 19 heavy (non-hydrogen) atoms. The number of hydrogen-bond acceptors (Lipinski definition) is 2. The highest BCUT2D eigenvalue weighted by Gasteiger charge is 2.12. The smallest absolute Gasteiger partial charge is 0.240 e. The number of benzene rings is 1. The number of imidazole rings is 1. The van der Waals surface area contributed by atoms with Crippen molar-refractivity contribution in [2.24, 2.45) is 0 Å². The minimum atomic E-state index is -0.389. The normalized spacial score (nSPS) is 11.2. The van der Waals surface area contributed by atoms with Crippen molar-refractivity contribution in [2.75, 3.05) is 0 Å². The molecule has 0 radical (unpaired) electrons. The lowest BCUT2D eigenvalue weighted by atomic mass is 10.3. The van der Waals surface area contributed by atoms with Crippen LogP contribution in [0.4, 0.5) is 4.39 Å². The fraction of sp³-hybridized carbons (Fsp3) is 0.333. The third-order valence-corrected chi connectivity index (χ3v) is 3.50. The molecule has 0 atom stereocenters. The molecule has 0 saturated heterocycles. The van der Waals surface area contributed by atoms with Crippen LogP contribution in [0.2, 0.25) is 0 Å². The lowest BCUT2D eigenvalue weighted by Crippen LogP contribution is -2.33. The molecule has 0 saturated carbocycles. The van der Waals surface area contributed by atoms with Crippen LogP contribution in [0.5, 0.6) is 0 Å². The summed E-state index contributed by atoms with van der Waals surface area (Å²) in [5.74, 6) is -0.546. The monoisotopic (exact) mass is 345 g/mol. The predicted molar refractivity (Wildman–Crippen MR) is 78.1 cm³/mol. The van der Waals surface area contributed by atoms with Crippen molar-refractivity contribution in [1.29, 1.82) is 0 Å². The maximum atomic E-state index is 13.6. The molecular weight excluding hydrogens is 333 g/mol. The van der Waals surface area contributed by atoms with E-state index in [0.717, 1.165) is 0 Å². The number of carbonyl (C=O) groups is 1. The summed E-state index contributed by atoms with van der Waals surface area (Å²) >= 11 is 8.28. The van der Waals surface area contributed by atoms with Crippen LogP contribution < -0.4 is 5.32 Å². The Morgan fingerprint density at radius 3 is 2.89 bits per heavy atom. The molecule has 0 aliphatic rings.